The first-order valence-electron chi connectivity index (χ1n) is 5.54. The highest BCUT2D eigenvalue weighted by Crippen LogP contribution is 2.22. The van der Waals surface area contributed by atoms with Gasteiger partial charge in [0, 0.05) is 12.6 Å². The fraction of sp³-hybridized carbons (Fsp3) is 0.417. The molecule has 1 aromatic heterocycles. The van der Waals surface area contributed by atoms with E-state index in [1.165, 1.54) is 6.07 Å². The van der Waals surface area contributed by atoms with E-state index in [1.54, 1.807) is 18.7 Å². The van der Waals surface area contributed by atoms with E-state index in [4.69, 9.17) is 5.73 Å². The summed E-state index contributed by atoms with van der Waals surface area (Å²) in [6.07, 6.45) is 3.11. The first-order chi connectivity index (χ1) is 8.13. The number of nitrogens with two attached hydrogens (primary N) is 1. The number of aromatic nitrogens is 2. The van der Waals surface area contributed by atoms with E-state index in [0.29, 0.717) is 17.0 Å². The van der Waals surface area contributed by atoms with Crippen LogP contribution >= 0.6 is 11.8 Å². The molecule has 0 saturated heterocycles. The van der Waals surface area contributed by atoms with Crippen LogP contribution in [-0.2, 0) is 6.54 Å². The minimum absolute atomic E-state index is 0.230. The van der Waals surface area contributed by atoms with Crippen LogP contribution in [0.25, 0.3) is 11.0 Å². The lowest BCUT2D eigenvalue weighted by Crippen LogP contribution is -2.04. The van der Waals surface area contributed by atoms with Crippen LogP contribution in [0.5, 0.6) is 0 Å². The van der Waals surface area contributed by atoms with Crippen molar-refractivity contribution in [3.63, 3.8) is 0 Å². The standard InChI is InChI=1S/C12H16FN3S/c1-8-6-11-10(7-9(8)13)15-12(14)16(11)4-3-5-17-2/h6-7H,3-5H2,1-2H3,(H2,14,15). The largest absolute Gasteiger partial charge is 0.369 e. The average Bonchev–Trinajstić information content (AvgIpc) is 2.57. The van der Waals surface area contributed by atoms with Crippen molar-refractivity contribution in [2.24, 2.45) is 0 Å². The number of thioether (sulfide) groups is 1. The van der Waals surface area contributed by atoms with Gasteiger partial charge in [-0.1, -0.05) is 0 Å². The Labute approximate surface area is 104 Å². The number of anilines is 1. The third-order valence-corrected chi connectivity index (χ3v) is 3.49. The first-order valence-corrected chi connectivity index (χ1v) is 6.93. The zero-order valence-corrected chi connectivity index (χ0v) is 10.9. The molecule has 3 nitrogen and oxygen atoms in total. The Bertz CT molecular complexity index is 536. The van der Waals surface area contributed by atoms with Crippen LogP contribution in [0.1, 0.15) is 12.0 Å². The summed E-state index contributed by atoms with van der Waals surface area (Å²) < 4.78 is 15.4. The van der Waals surface area contributed by atoms with Crippen molar-refractivity contribution in [1.29, 1.82) is 0 Å². The van der Waals surface area contributed by atoms with Gasteiger partial charge in [-0.3, -0.25) is 0 Å². The van der Waals surface area contributed by atoms with Crippen molar-refractivity contribution >= 4 is 28.7 Å². The summed E-state index contributed by atoms with van der Waals surface area (Å²) in [5.74, 6) is 1.32. The summed E-state index contributed by atoms with van der Waals surface area (Å²) in [5.41, 5.74) is 8.04. The molecule has 0 aliphatic heterocycles. The number of halogens is 1. The Morgan fingerprint density at radius 3 is 2.94 bits per heavy atom. The number of imidazole rings is 1. The quantitative estimate of drug-likeness (QED) is 0.852. The molecule has 2 aromatic rings. The zero-order valence-electron chi connectivity index (χ0n) is 10.0. The second kappa shape index (κ2) is 4.96. The SMILES string of the molecule is CSCCCn1c(N)nc2cc(F)c(C)cc21. The number of benzene rings is 1. The normalized spacial score (nSPS) is 11.2. The van der Waals surface area contributed by atoms with E-state index in [-0.39, 0.29) is 5.82 Å². The summed E-state index contributed by atoms with van der Waals surface area (Å²) >= 11 is 1.81. The fourth-order valence-corrected chi connectivity index (χ4v) is 2.29. The molecule has 0 saturated carbocycles. The minimum Gasteiger partial charge on any atom is -0.369 e. The zero-order chi connectivity index (χ0) is 12.4. The van der Waals surface area contributed by atoms with E-state index < -0.39 is 0 Å². The molecule has 0 aliphatic rings. The predicted molar refractivity (Wildman–Crippen MR) is 71.8 cm³/mol. The van der Waals surface area contributed by atoms with Gasteiger partial charge >= 0.3 is 0 Å². The monoisotopic (exact) mass is 253 g/mol. The molecule has 0 amide bonds. The van der Waals surface area contributed by atoms with Crippen LogP contribution < -0.4 is 5.73 Å². The maximum absolute atomic E-state index is 13.4. The Balaban J connectivity index is 2.40. The number of hydrogen-bond acceptors (Lipinski definition) is 3. The molecule has 5 heteroatoms. The third kappa shape index (κ3) is 2.39. The van der Waals surface area contributed by atoms with Gasteiger partial charge in [-0.15, -0.1) is 0 Å². The minimum atomic E-state index is -0.230. The van der Waals surface area contributed by atoms with Crippen molar-refractivity contribution in [1.82, 2.24) is 9.55 Å². The molecule has 0 fully saturated rings. The Hall–Kier alpha value is -1.23. The molecule has 0 radical (unpaired) electrons. The summed E-state index contributed by atoms with van der Waals surface area (Å²) in [5, 5.41) is 0. The van der Waals surface area contributed by atoms with Gasteiger partial charge < -0.3 is 10.3 Å². The lowest BCUT2D eigenvalue weighted by Gasteiger charge is -2.06. The molecule has 2 rings (SSSR count). The summed E-state index contributed by atoms with van der Waals surface area (Å²) in [6, 6.07) is 3.26. The highest BCUT2D eigenvalue weighted by molar-refractivity contribution is 7.98. The molecule has 0 atom stereocenters. The molecule has 0 aliphatic carbocycles. The molecule has 0 bridgehead atoms. The number of aryl methyl sites for hydroxylation is 2. The molecular weight excluding hydrogens is 237 g/mol. The smallest absolute Gasteiger partial charge is 0.201 e. The Morgan fingerprint density at radius 1 is 1.47 bits per heavy atom. The summed E-state index contributed by atoms with van der Waals surface area (Å²) in [4.78, 5) is 4.19. The lowest BCUT2D eigenvalue weighted by molar-refractivity contribution is 0.620. The maximum Gasteiger partial charge on any atom is 0.201 e. The van der Waals surface area contributed by atoms with Gasteiger partial charge in [0.1, 0.15) is 5.82 Å². The van der Waals surface area contributed by atoms with Crippen LogP contribution in [0.4, 0.5) is 10.3 Å². The van der Waals surface area contributed by atoms with Gasteiger partial charge in [0.05, 0.1) is 11.0 Å². The third-order valence-electron chi connectivity index (χ3n) is 2.79. The molecule has 1 heterocycles. The van der Waals surface area contributed by atoms with Crippen molar-refractivity contribution in [2.75, 3.05) is 17.7 Å². The van der Waals surface area contributed by atoms with Gasteiger partial charge in [0.25, 0.3) is 0 Å². The van der Waals surface area contributed by atoms with Crippen LogP contribution in [0.3, 0.4) is 0 Å². The Kier molecular flexibility index (Phi) is 3.57. The van der Waals surface area contributed by atoms with Crippen LogP contribution in [0, 0.1) is 12.7 Å². The fourth-order valence-electron chi connectivity index (χ4n) is 1.87. The molecule has 0 spiro atoms. The lowest BCUT2D eigenvalue weighted by atomic mass is 10.2. The topological polar surface area (TPSA) is 43.8 Å². The van der Waals surface area contributed by atoms with E-state index in [2.05, 4.69) is 11.2 Å². The van der Waals surface area contributed by atoms with E-state index >= 15 is 0 Å². The number of rotatable bonds is 4. The number of nitrogens with zero attached hydrogens (tertiary/aromatic N) is 2. The molecule has 0 unspecified atom stereocenters. The first kappa shape index (κ1) is 12.2. The Morgan fingerprint density at radius 2 is 2.24 bits per heavy atom. The van der Waals surface area contributed by atoms with Gasteiger partial charge in [-0.25, -0.2) is 9.37 Å². The summed E-state index contributed by atoms with van der Waals surface area (Å²) in [7, 11) is 0. The molecular formula is C12H16FN3S. The molecule has 92 valence electrons. The highest BCUT2D eigenvalue weighted by Gasteiger charge is 2.10. The molecule has 2 N–H and O–H groups in total. The number of nitrogen functional groups attached to an aromatic ring is 1. The predicted octanol–water partition coefficient (Wildman–Crippen LogP) is 2.82. The van der Waals surface area contributed by atoms with Crippen molar-refractivity contribution in [3.05, 3.63) is 23.5 Å². The number of fused-ring (bicyclic) bond motifs is 1. The highest BCUT2D eigenvalue weighted by atomic mass is 32.2. The molecule has 1 aromatic carbocycles. The van der Waals surface area contributed by atoms with E-state index in [9.17, 15) is 4.39 Å². The second-order valence-corrected chi connectivity index (χ2v) is 5.04. The average molecular weight is 253 g/mol. The number of hydrogen-bond donors (Lipinski definition) is 1. The van der Waals surface area contributed by atoms with Crippen molar-refractivity contribution < 1.29 is 4.39 Å². The summed E-state index contributed by atoms with van der Waals surface area (Å²) in [6.45, 7) is 2.58. The van der Waals surface area contributed by atoms with Gasteiger partial charge in [0.15, 0.2) is 0 Å². The van der Waals surface area contributed by atoms with E-state index in [1.807, 2.05) is 10.6 Å². The second-order valence-electron chi connectivity index (χ2n) is 4.06. The van der Waals surface area contributed by atoms with Crippen molar-refractivity contribution in [3.8, 4) is 0 Å². The van der Waals surface area contributed by atoms with E-state index in [0.717, 1.165) is 24.2 Å². The van der Waals surface area contributed by atoms with Crippen LogP contribution in [-0.4, -0.2) is 21.6 Å². The van der Waals surface area contributed by atoms with Crippen LogP contribution in [0.15, 0.2) is 12.1 Å². The van der Waals surface area contributed by atoms with Gasteiger partial charge in [0.2, 0.25) is 5.95 Å². The maximum atomic E-state index is 13.4. The van der Waals surface area contributed by atoms with Crippen molar-refractivity contribution in [2.45, 2.75) is 19.9 Å². The molecule has 17 heavy (non-hydrogen) atoms. The van der Waals surface area contributed by atoms with Crippen LogP contribution in [0.2, 0.25) is 0 Å². The van der Waals surface area contributed by atoms with Gasteiger partial charge in [-0.2, -0.15) is 11.8 Å². The van der Waals surface area contributed by atoms with Gasteiger partial charge in [-0.05, 0) is 37.0 Å².